The minimum Gasteiger partial charge on any atom is -0.340 e. The number of halogens is 1. The molecule has 1 saturated heterocycles. The van der Waals surface area contributed by atoms with E-state index >= 15 is 0 Å². The van der Waals surface area contributed by atoms with Gasteiger partial charge in [0.15, 0.2) is 0 Å². The minimum absolute atomic E-state index is 0.147. The first-order valence-electron chi connectivity index (χ1n) is 5.95. The van der Waals surface area contributed by atoms with Crippen LogP contribution in [0.15, 0.2) is 12.1 Å². The van der Waals surface area contributed by atoms with Crippen molar-refractivity contribution in [3.05, 3.63) is 21.3 Å². The fraction of sp³-hybridized carbons (Fsp3) is 0.583. The molecule has 0 bridgehead atoms. The molecule has 0 aliphatic carbocycles. The highest BCUT2D eigenvalue weighted by molar-refractivity contribution is 7.16. The van der Waals surface area contributed by atoms with E-state index in [2.05, 4.69) is 10.2 Å². The van der Waals surface area contributed by atoms with Crippen molar-refractivity contribution in [1.29, 1.82) is 0 Å². The smallest absolute Gasteiger partial charge is 0.236 e. The van der Waals surface area contributed by atoms with Crippen LogP contribution in [0.1, 0.15) is 4.88 Å². The third kappa shape index (κ3) is 3.45. The summed E-state index contributed by atoms with van der Waals surface area (Å²) in [5.41, 5.74) is 0. The van der Waals surface area contributed by atoms with Crippen molar-refractivity contribution in [3.8, 4) is 0 Å². The average Bonchev–Trinajstić information content (AvgIpc) is 2.60. The Morgan fingerprint density at radius 3 is 2.72 bits per heavy atom. The van der Waals surface area contributed by atoms with E-state index in [0.717, 1.165) is 22.3 Å². The van der Waals surface area contributed by atoms with Crippen LogP contribution >= 0.6 is 22.9 Å². The van der Waals surface area contributed by atoms with Gasteiger partial charge < -0.3 is 10.2 Å². The average molecular weight is 288 g/mol. The lowest BCUT2D eigenvalue weighted by atomic mass is 10.1. The van der Waals surface area contributed by atoms with Gasteiger partial charge in [-0.05, 0) is 19.2 Å². The van der Waals surface area contributed by atoms with Gasteiger partial charge in [-0.1, -0.05) is 11.6 Å². The topological polar surface area (TPSA) is 35.6 Å². The van der Waals surface area contributed by atoms with Crippen LogP contribution < -0.4 is 5.32 Å². The lowest BCUT2D eigenvalue weighted by Gasteiger charge is -2.35. The zero-order chi connectivity index (χ0) is 13.1. The quantitative estimate of drug-likeness (QED) is 0.886. The summed E-state index contributed by atoms with van der Waals surface area (Å²) in [6.45, 7) is 3.07. The third-order valence-electron chi connectivity index (χ3n) is 3.22. The maximum Gasteiger partial charge on any atom is 0.236 e. The van der Waals surface area contributed by atoms with Crippen molar-refractivity contribution in [2.45, 2.75) is 12.6 Å². The van der Waals surface area contributed by atoms with Gasteiger partial charge in [0.2, 0.25) is 5.91 Å². The maximum absolute atomic E-state index is 12.0. The maximum atomic E-state index is 12.0. The van der Waals surface area contributed by atoms with Crippen molar-refractivity contribution >= 4 is 28.8 Å². The van der Waals surface area contributed by atoms with Gasteiger partial charge >= 0.3 is 0 Å². The molecule has 1 aliphatic rings. The number of carbonyl (C=O) groups is 1. The Morgan fingerprint density at radius 2 is 2.22 bits per heavy atom. The van der Waals surface area contributed by atoms with Crippen molar-refractivity contribution < 1.29 is 4.79 Å². The highest BCUT2D eigenvalue weighted by Gasteiger charge is 2.24. The van der Waals surface area contributed by atoms with E-state index in [0.29, 0.717) is 19.1 Å². The van der Waals surface area contributed by atoms with Crippen molar-refractivity contribution in [3.63, 3.8) is 0 Å². The number of thiophene rings is 1. The van der Waals surface area contributed by atoms with Gasteiger partial charge in [0, 0.05) is 31.1 Å². The van der Waals surface area contributed by atoms with Gasteiger partial charge in [-0.15, -0.1) is 11.3 Å². The van der Waals surface area contributed by atoms with Crippen LogP contribution in [0.25, 0.3) is 0 Å². The summed E-state index contributed by atoms with van der Waals surface area (Å²) in [6.07, 6.45) is 0. The number of amides is 1. The molecule has 4 nitrogen and oxygen atoms in total. The lowest BCUT2D eigenvalue weighted by molar-refractivity contribution is -0.132. The van der Waals surface area contributed by atoms with Crippen LogP contribution in [0, 0.1) is 0 Å². The predicted molar refractivity (Wildman–Crippen MR) is 75.1 cm³/mol. The van der Waals surface area contributed by atoms with Crippen molar-refractivity contribution in [2.24, 2.45) is 0 Å². The standard InChI is InChI=1S/C12H18ClN3OS/c1-15(9-5-14-6-9)8-12(17)16(2)7-10-3-4-11(13)18-10/h3-4,9,14H,5-8H2,1-2H3. The van der Waals surface area contributed by atoms with Crippen LogP contribution in [0.2, 0.25) is 4.34 Å². The molecule has 1 aliphatic heterocycles. The van der Waals surface area contributed by atoms with Gasteiger partial charge in [0.05, 0.1) is 17.4 Å². The summed E-state index contributed by atoms with van der Waals surface area (Å²) in [4.78, 5) is 17.0. The predicted octanol–water partition coefficient (Wildman–Crippen LogP) is 1.26. The van der Waals surface area contributed by atoms with Gasteiger partial charge in [-0.25, -0.2) is 0 Å². The molecule has 0 spiro atoms. The van der Waals surface area contributed by atoms with E-state index < -0.39 is 0 Å². The normalized spacial score (nSPS) is 15.8. The van der Waals surface area contributed by atoms with Crippen molar-refractivity contribution in [2.75, 3.05) is 33.7 Å². The number of rotatable bonds is 5. The first kappa shape index (κ1) is 13.8. The summed E-state index contributed by atoms with van der Waals surface area (Å²) >= 11 is 7.40. The SMILES string of the molecule is CN(Cc1ccc(Cl)s1)C(=O)CN(C)C1CNC1. The second-order valence-corrected chi connectivity index (χ2v) is 6.48. The Balaban J connectivity index is 1.80. The molecule has 1 aromatic rings. The van der Waals surface area contributed by atoms with Crippen LogP contribution in [0.4, 0.5) is 0 Å². The van der Waals surface area contributed by atoms with E-state index in [4.69, 9.17) is 11.6 Å². The van der Waals surface area contributed by atoms with Crippen LogP contribution in [-0.4, -0.2) is 55.5 Å². The molecule has 1 amide bonds. The van der Waals surface area contributed by atoms with E-state index in [1.807, 2.05) is 26.2 Å². The van der Waals surface area contributed by atoms with E-state index in [9.17, 15) is 4.79 Å². The molecule has 1 N–H and O–H groups in total. The molecule has 2 rings (SSSR count). The fourth-order valence-corrected chi connectivity index (χ4v) is 2.95. The molecule has 100 valence electrons. The Hall–Kier alpha value is -0.620. The lowest BCUT2D eigenvalue weighted by Crippen LogP contribution is -2.57. The van der Waals surface area contributed by atoms with E-state index in [1.165, 1.54) is 11.3 Å². The number of hydrogen-bond donors (Lipinski definition) is 1. The summed E-state index contributed by atoms with van der Waals surface area (Å²) < 4.78 is 0.767. The summed E-state index contributed by atoms with van der Waals surface area (Å²) in [7, 11) is 3.84. The number of hydrogen-bond acceptors (Lipinski definition) is 4. The summed E-state index contributed by atoms with van der Waals surface area (Å²) in [5.74, 6) is 0.147. The zero-order valence-electron chi connectivity index (χ0n) is 10.6. The van der Waals surface area contributed by atoms with E-state index in [1.54, 1.807) is 4.90 Å². The number of nitrogens with one attached hydrogen (secondary N) is 1. The number of likely N-dealkylation sites (N-methyl/N-ethyl adjacent to an activating group) is 2. The van der Waals surface area contributed by atoms with Crippen LogP contribution in [0.5, 0.6) is 0 Å². The molecule has 0 saturated carbocycles. The number of carbonyl (C=O) groups excluding carboxylic acids is 1. The molecular formula is C12H18ClN3OS. The van der Waals surface area contributed by atoms with Crippen LogP contribution in [0.3, 0.4) is 0 Å². The molecule has 6 heteroatoms. The van der Waals surface area contributed by atoms with Crippen molar-refractivity contribution in [1.82, 2.24) is 15.1 Å². The molecule has 0 unspecified atom stereocenters. The molecule has 0 aromatic carbocycles. The second kappa shape index (κ2) is 6.02. The molecule has 18 heavy (non-hydrogen) atoms. The van der Waals surface area contributed by atoms with E-state index in [-0.39, 0.29) is 5.91 Å². The molecule has 1 fully saturated rings. The Labute approximate surface area is 117 Å². The Bertz CT molecular complexity index is 419. The zero-order valence-corrected chi connectivity index (χ0v) is 12.2. The second-order valence-electron chi connectivity index (χ2n) is 4.68. The number of nitrogens with zero attached hydrogens (tertiary/aromatic N) is 2. The Kier molecular flexibility index (Phi) is 4.61. The van der Waals surface area contributed by atoms with Gasteiger partial charge in [-0.2, -0.15) is 0 Å². The minimum atomic E-state index is 0.147. The molecule has 0 atom stereocenters. The Morgan fingerprint density at radius 1 is 1.50 bits per heavy atom. The highest BCUT2D eigenvalue weighted by atomic mass is 35.5. The molecular weight excluding hydrogens is 270 g/mol. The summed E-state index contributed by atoms with van der Waals surface area (Å²) in [6, 6.07) is 4.33. The fourth-order valence-electron chi connectivity index (χ4n) is 1.81. The first-order chi connectivity index (χ1) is 8.56. The third-order valence-corrected chi connectivity index (χ3v) is 4.43. The molecule has 2 heterocycles. The van der Waals surface area contributed by atoms with Gasteiger partial charge in [-0.3, -0.25) is 9.69 Å². The van der Waals surface area contributed by atoms with Crippen LogP contribution in [-0.2, 0) is 11.3 Å². The highest BCUT2D eigenvalue weighted by Crippen LogP contribution is 2.22. The van der Waals surface area contributed by atoms with Gasteiger partial charge in [0.25, 0.3) is 0 Å². The molecule has 1 aromatic heterocycles. The van der Waals surface area contributed by atoms with Gasteiger partial charge in [0.1, 0.15) is 0 Å². The largest absolute Gasteiger partial charge is 0.340 e. The molecule has 0 radical (unpaired) electrons. The summed E-state index contributed by atoms with van der Waals surface area (Å²) in [5, 5.41) is 3.21. The monoisotopic (exact) mass is 287 g/mol. The first-order valence-corrected chi connectivity index (χ1v) is 7.15.